The quantitative estimate of drug-likeness (QED) is 0.235. The molecule has 6 atom stereocenters. The molecule has 0 aromatic heterocycles. The number of carbonyl (C=O) groups is 1. The molecular weight excluding hydrogens is 259 g/mol. The first-order valence-electron chi connectivity index (χ1n) is 5.02. The third-order valence-corrected chi connectivity index (χ3v) is 2.43. The number of rotatable bonds is 8. The zero-order chi connectivity index (χ0) is 14.5. The predicted octanol–water partition coefficient (Wildman–Crippen LogP) is -8.45. The van der Waals surface area contributed by atoms with Gasteiger partial charge in [-0.2, -0.15) is 0 Å². The van der Waals surface area contributed by atoms with Crippen molar-refractivity contribution in [2.24, 2.45) is 0 Å². The molecular formula is C9H17LiO9. The molecule has 0 heterocycles. The molecule has 108 valence electrons. The van der Waals surface area contributed by atoms with Crippen molar-refractivity contribution >= 4 is 5.97 Å². The molecule has 0 aliphatic heterocycles. The van der Waals surface area contributed by atoms with E-state index in [4.69, 9.17) is 10.2 Å². The number of carboxylic acids is 1. The van der Waals surface area contributed by atoms with Crippen LogP contribution in [0.15, 0.2) is 0 Å². The second-order valence-electron chi connectivity index (χ2n) is 3.69. The fourth-order valence-corrected chi connectivity index (χ4v) is 1.29. The van der Waals surface area contributed by atoms with Crippen LogP contribution in [0.3, 0.4) is 0 Å². The first-order valence-corrected chi connectivity index (χ1v) is 5.02. The van der Waals surface area contributed by atoms with Crippen molar-refractivity contribution in [1.29, 1.82) is 0 Å². The Kier molecular flexibility index (Phi) is 10.7. The molecule has 10 heteroatoms. The van der Waals surface area contributed by atoms with E-state index in [2.05, 4.69) is 4.74 Å². The van der Waals surface area contributed by atoms with Gasteiger partial charge in [0.25, 0.3) is 0 Å². The third kappa shape index (κ3) is 5.74. The van der Waals surface area contributed by atoms with E-state index in [1.807, 2.05) is 0 Å². The molecule has 0 aliphatic carbocycles. The number of methoxy groups -OCH3 is 1. The summed E-state index contributed by atoms with van der Waals surface area (Å²) in [4.78, 5) is 10.5. The molecule has 0 spiro atoms. The summed E-state index contributed by atoms with van der Waals surface area (Å²) in [6.07, 6.45) is -11.9. The molecule has 9 nitrogen and oxygen atoms in total. The smallest absolute Gasteiger partial charge is 0.547 e. The number of ether oxygens (including phenoxy) is 1. The van der Waals surface area contributed by atoms with Crippen LogP contribution in [0.4, 0.5) is 0 Å². The monoisotopic (exact) mass is 276 g/mol. The zero-order valence-electron chi connectivity index (χ0n) is 10.6. The van der Waals surface area contributed by atoms with Crippen LogP contribution in [0, 0.1) is 0 Å². The summed E-state index contributed by atoms with van der Waals surface area (Å²) in [5.41, 5.74) is 0. The number of hydrogen-bond acceptors (Lipinski definition) is 9. The summed E-state index contributed by atoms with van der Waals surface area (Å²) in [6.45, 7) is -0.894. The SMILES string of the molecule is COC(C(=O)[O-])C(O)C(O)C(O)C(O)C(O)CO.[Li+]. The molecule has 0 bridgehead atoms. The van der Waals surface area contributed by atoms with Crippen molar-refractivity contribution < 1.29 is 64.1 Å². The second-order valence-corrected chi connectivity index (χ2v) is 3.69. The summed E-state index contributed by atoms with van der Waals surface area (Å²) >= 11 is 0. The van der Waals surface area contributed by atoms with E-state index in [-0.39, 0.29) is 18.9 Å². The van der Waals surface area contributed by atoms with Crippen LogP contribution in [0.1, 0.15) is 0 Å². The average molecular weight is 276 g/mol. The fourth-order valence-electron chi connectivity index (χ4n) is 1.29. The van der Waals surface area contributed by atoms with Gasteiger partial charge in [0.1, 0.15) is 36.6 Å². The molecule has 19 heavy (non-hydrogen) atoms. The van der Waals surface area contributed by atoms with E-state index in [0.29, 0.717) is 0 Å². The molecule has 0 radical (unpaired) electrons. The van der Waals surface area contributed by atoms with Gasteiger partial charge in [0.15, 0.2) is 0 Å². The largest absolute Gasteiger partial charge is 1.00 e. The number of hydrogen-bond donors (Lipinski definition) is 6. The number of aliphatic hydroxyl groups excluding tert-OH is 6. The van der Waals surface area contributed by atoms with E-state index in [0.717, 1.165) is 7.11 Å². The summed E-state index contributed by atoms with van der Waals surface area (Å²) < 4.78 is 4.33. The van der Waals surface area contributed by atoms with Crippen molar-refractivity contribution in [2.45, 2.75) is 36.6 Å². The molecule has 0 fully saturated rings. The number of carbonyl (C=O) groups excluding carboxylic acids is 1. The van der Waals surface area contributed by atoms with Gasteiger partial charge in [0.05, 0.1) is 12.6 Å². The maximum absolute atomic E-state index is 10.5. The molecule has 0 aliphatic rings. The van der Waals surface area contributed by atoms with E-state index in [1.54, 1.807) is 0 Å². The van der Waals surface area contributed by atoms with Gasteiger partial charge >= 0.3 is 18.9 Å². The molecule has 0 aromatic rings. The van der Waals surface area contributed by atoms with Crippen molar-refractivity contribution in [2.75, 3.05) is 13.7 Å². The van der Waals surface area contributed by atoms with Crippen molar-refractivity contribution in [1.82, 2.24) is 0 Å². The van der Waals surface area contributed by atoms with E-state index in [1.165, 1.54) is 0 Å². The normalized spacial score (nSPS) is 20.6. The van der Waals surface area contributed by atoms with Gasteiger partial charge in [-0.25, -0.2) is 0 Å². The van der Waals surface area contributed by atoms with Crippen LogP contribution in [-0.4, -0.2) is 86.9 Å². The molecule has 0 saturated heterocycles. The molecule has 6 unspecified atom stereocenters. The van der Waals surface area contributed by atoms with Crippen molar-refractivity contribution in [3.05, 3.63) is 0 Å². The Morgan fingerprint density at radius 1 is 1.05 bits per heavy atom. The molecule has 0 amide bonds. The van der Waals surface area contributed by atoms with E-state index >= 15 is 0 Å². The van der Waals surface area contributed by atoms with Crippen molar-refractivity contribution in [3.63, 3.8) is 0 Å². The number of aliphatic hydroxyl groups is 6. The van der Waals surface area contributed by atoms with E-state index in [9.17, 15) is 30.3 Å². The standard InChI is InChI=1S/C9H18O9.Li/c1-18-8(9(16)17)7(15)6(14)5(13)4(12)3(11)2-10;/h3-8,10-15H,2H2,1H3,(H,16,17);/q;+1/p-1. The topological polar surface area (TPSA) is 171 Å². The minimum Gasteiger partial charge on any atom is -0.547 e. The first kappa shape index (κ1) is 21.1. The van der Waals surface area contributed by atoms with Crippen molar-refractivity contribution in [3.8, 4) is 0 Å². The van der Waals surface area contributed by atoms with Gasteiger partial charge in [-0.15, -0.1) is 0 Å². The summed E-state index contributed by atoms with van der Waals surface area (Å²) in [5, 5.41) is 65.5. The first-order chi connectivity index (χ1) is 8.27. The molecule has 6 N–H and O–H groups in total. The molecule has 0 aromatic carbocycles. The molecule has 0 saturated carbocycles. The summed E-state index contributed by atoms with van der Waals surface area (Å²) in [6, 6.07) is 0. The van der Waals surface area contributed by atoms with Crippen LogP contribution in [0.25, 0.3) is 0 Å². The Labute approximate surface area is 121 Å². The minimum atomic E-state index is -2.12. The Morgan fingerprint density at radius 3 is 1.79 bits per heavy atom. The minimum absolute atomic E-state index is 0. The maximum Gasteiger partial charge on any atom is 1.00 e. The van der Waals surface area contributed by atoms with Crippen LogP contribution < -0.4 is 24.0 Å². The number of aliphatic carboxylic acids is 1. The molecule has 0 rings (SSSR count). The van der Waals surface area contributed by atoms with Crippen LogP contribution in [0.5, 0.6) is 0 Å². The van der Waals surface area contributed by atoms with Crippen LogP contribution >= 0.6 is 0 Å². The Bertz CT molecular complexity index is 264. The fraction of sp³-hybridized carbons (Fsp3) is 0.889. The van der Waals surface area contributed by atoms with Gasteiger partial charge in [0, 0.05) is 7.11 Å². The predicted molar refractivity (Wildman–Crippen MR) is 52.9 cm³/mol. The number of carboxylic acid groups (broad SMARTS) is 1. The second kappa shape index (κ2) is 9.65. The maximum atomic E-state index is 10.5. The van der Waals surface area contributed by atoms with Crippen LogP contribution in [-0.2, 0) is 9.53 Å². The zero-order valence-corrected chi connectivity index (χ0v) is 10.6. The van der Waals surface area contributed by atoms with Gasteiger partial charge in [-0.3, -0.25) is 0 Å². The van der Waals surface area contributed by atoms with E-state index < -0.39 is 49.2 Å². The summed E-state index contributed by atoms with van der Waals surface area (Å²) in [5.74, 6) is -1.83. The third-order valence-electron chi connectivity index (χ3n) is 2.43. The van der Waals surface area contributed by atoms with Crippen LogP contribution in [0.2, 0.25) is 0 Å². The van der Waals surface area contributed by atoms with Gasteiger partial charge in [-0.1, -0.05) is 0 Å². The van der Waals surface area contributed by atoms with Gasteiger partial charge < -0.3 is 45.3 Å². The Balaban J connectivity index is 0. The average Bonchev–Trinajstić information content (AvgIpc) is 2.35. The van der Waals surface area contributed by atoms with Gasteiger partial charge in [-0.05, 0) is 0 Å². The summed E-state index contributed by atoms with van der Waals surface area (Å²) in [7, 11) is 0.932. The Hall–Kier alpha value is -0.213. The Morgan fingerprint density at radius 2 is 1.47 bits per heavy atom. The van der Waals surface area contributed by atoms with Gasteiger partial charge in [0.2, 0.25) is 0 Å².